The molecule has 0 bridgehead atoms. The van der Waals surface area contributed by atoms with Gasteiger partial charge in [-0.1, -0.05) is 5.92 Å². The Balaban J connectivity index is 3.81. The molecule has 1 N–H and O–H groups in total. The third kappa shape index (κ3) is 3.99. The SMILES string of the molecule is C#C[C@](O)(CCOC)COC. The zero-order valence-electron chi connectivity index (χ0n) is 6.96. The molecule has 11 heavy (non-hydrogen) atoms. The van der Waals surface area contributed by atoms with Crippen molar-refractivity contribution in [2.24, 2.45) is 0 Å². The van der Waals surface area contributed by atoms with Gasteiger partial charge in [0, 0.05) is 27.2 Å². The normalized spacial score (nSPS) is 15.5. The topological polar surface area (TPSA) is 38.7 Å². The lowest BCUT2D eigenvalue weighted by molar-refractivity contribution is -0.00731. The van der Waals surface area contributed by atoms with Gasteiger partial charge >= 0.3 is 0 Å². The van der Waals surface area contributed by atoms with Crippen LogP contribution in [-0.2, 0) is 9.47 Å². The molecule has 0 heterocycles. The molecule has 0 aliphatic heterocycles. The number of hydrogen-bond donors (Lipinski definition) is 1. The van der Waals surface area contributed by atoms with E-state index in [4.69, 9.17) is 15.9 Å². The average molecular weight is 158 g/mol. The third-order valence-corrected chi connectivity index (χ3v) is 1.37. The lowest BCUT2D eigenvalue weighted by atomic mass is 10.0. The van der Waals surface area contributed by atoms with Crippen LogP contribution < -0.4 is 0 Å². The molecule has 0 rings (SSSR count). The van der Waals surface area contributed by atoms with E-state index in [0.29, 0.717) is 13.0 Å². The van der Waals surface area contributed by atoms with Crippen LogP contribution in [0.5, 0.6) is 0 Å². The lowest BCUT2D eigenvalue weighted by Gasteiger charge is -2.20. The fourth-order valence-electron chi connectivity index (χ4n) is 0.696. The molecule has 0 saturated carbocycles. The van der Waals surface area contributed by atoms with Crippen LogP contribution in [0.2, 0.25) is 0 Å². The number of terminal acetylenes is 1. The maximum absolute atomic E-state index is 9.51. The molecule has 0 aromatic heterocycles. The van der Waals surface area contributed by atoms with Crippen molar-refractivity contribution in [1.82, 2.24) is 0 Å². The molecule has 0 aromatic rings. The van der Waals surface area contributed by atoms with Gasteiger partial charge in [0.1, 0.15) is 0 Å². The van der Waals surface area contributed by atoms with Crippen LogP contribution in [0, 0.1) is 12.3 Å². The minimum absolute atomic E-state index is 0.146. The Bertz CT molecular complexity index is 139. The zero-order chi connectivity index (χ0) is 8.74. The summed E-state index contributed by atoms with van der Waals surface area (Å²) in [6.07, 6.45) is 5.49. The fourth-order valence-corrected chi connectivity index (χ4v) is 0.696. The van der Waals surface area contributed by atoms with E-state index in [9.17, 15) is 5.11 Å². The molecule has 0 radical (unpaired) electrons. The second-order valence-electron chi connectivity index (χ2n) is 2.35. The Hall–Kier alpha value is -0.560. The van der Waals surface area contributed by atoms with Gasteiger partial charge in [-0.25, -0.2) is 0 Å². The molecule has 0 unspecified atom stereocenters. The molecule has 0 amide bonds. The van der Waals surface area contributed by atoms with Crippen molar-refractivity contribution in [2.45, 2.75) is 12.0 Å². The van der Waals surface area contributed by atoms with Gasteiger partial charge in [0.05, 0.1) is 6.61 Å². The van der Waals surface area contributed by atoms with Gasteiger partial charge in [-0.05, 0) is 0 Å². The zero-order valence-corrected chi connectivity index (χ0v) is 6.96. The first-order valence-electron chi connectivity index (χ1n) is 3.36. The van der Waals surface area contributed by atoms with E-state index in [-0.39, 0.29) is 6.61 Å². The minimum Gasteiger partial charge on any atom is -0.385 e. The highest BCUT2D eigenvalue weighted by molar-refractivity contribution is 5.07. The van der Waals surface area contributed by atoms with Crippen LogP contribution in [0.4, 0.5) is 0 Å². The molecule has 0 saturated heterocycles. The van der Waals surface area contributed by atoms with Gasteiger partial charge in [0.25, 0.3) is 0 Å². The maximum Gasteiger partial charge on any atom is 0.150 e. The average Bonchev–Trinajstić information content (AvgIpc) is 2.02. The van der Waals surface area contributed by atoms with Gasteiger partial charge in [-0.2, -0.15) is 0 Å². The maximum atomic E-state index is 9.51. The van der Waals surface area contributed by atoms with E-state index < -0.39 is 5.60 Å². The summed E-state index contributed by atoms with van der Waals surface area (Å²) in [6, 6.07) is 0. The van der Waals surface area contributed by atoms with Crippen molar-refractivity contribution in [3.63, 3.8) is 0 Å². The third-order valence-electron chi connectivity index (χ3n) is 1.37. The number of aliphatic hydroxyl groups is 1. The number of rotatable bonds is 5. The van der Waals surface area contributed by atoms with Crippen molar-refractivity contribution >= 4 is 0 Å². The first kappa shape index (κ1) is 10.4. The molecular weight excluding hydrogens is 144 g/mol. The van der Waals surface area contributed by atoms with Gasteiger partial charge in [-0.15, -0.1) is 6.42 Å². The summed E-state index contributed by atoms with van der Waals surface area (Å²) in [6.45, 7) is 0.580. The Kier molecular flexibility index (Phi) is 4.88. The van der Waals surface area contributed by atoms with Crippen LogP contribution in [0.25, 0.3) is 0 Å². The summed E-state index contributed by atoms with van der Waals surface area (Å²) in [5.74, 6) is 2.26. The van der Waals surface area contributed by atoms with E-state index in [1.807, 2.05) is 0 Å². The predicted molar refractivity (Wildman–Crippen MR) is 42.2 cm³/mol. The number of hydrogen-bond acceptors (Lipinski definition) is 3. The van der Waals surface area contributed by atoms with Crippen molar-refractivity contribution in [1.29, 1.82) is 0 Å². The van der Waals surface area contributed by atoms with E-state index in [0.717, 1.165) is 0 Å². The summed E-state index contributed by atoms with van der Waals surface area (Å²) in [4.78, 5) is 0. The van der Waals surface area contributed by atoms with Gasteiger partial charge < -0.3 is 14.6 Å². The fraction of sp³-hybridized carbons (Fsp3) is 0.750. The quantitative estimate of drug-likeness (QED) is 0.574. The smallest absolute Gasteiger partial charge is 0.150 e. The number of methoxy groups -OCH3 is 2. The summed E-state index contributed by atoms with van der Waals surface area (Å²) in [7, 11) is 3.05. The second kappa shape index (κ2) is 5.14. The molecule has 0 spiro atoms. The molecule has 3 nitrogen and oxygen atoms in total. The van der Waals surface area contributed by atoms with Crippen LogP contribution in [-0.4, -0.2) is 38.1 Å². The molecule has 1 atom stereocenters. The van der Waals surface area contributed by atoms with Gasteiger partial charge in [0.2, 0.25) is 0 Å². The van der Waals surface area contributed by atoms with Crippen molar-refractivity contribution in [2.75, 3.05) is 27.4 Å². The molecular formula is C8H14O3. The Morgan fingerprint density at radius 2 is 2.09 bits per heavy atom. The van der Waals surface area contributed by atoms with Crippen molar-refractivity contribution in [3.05, 3.63) is 0 Å². The molecule has 64 valence electrons. The van der Waals surface area contributed by atoms with Crippen LogP contribution in [0.3, 0.4) is 0 Å². The van der Waals surface area contributed by atoms with Gasteiger partial charge in [-0.3, -0.25) is 0 Å². The Morgan fingerprint density at radius 3 is 2.45 bits per heavy atom. The number of ether oxygens (including phenoxy) is 2. The molecule has 0 fully saturated rings. The van der Waals surface area contributed by atoms with E-state index in [1.165, 1.54) is 7.11 Å². The van der Waals surface area contributed by atoms with Crippen LogP contribution in [0.1, 0.15) is 6.42 Å². The molecule has 0 aliphatic carbocycles. The van der Waals surface area contributed by atoms with E-state index in [1.54, 1.807) is 7.11 Å². The predicted octanol–water partition coefficient (Wildman–Crippen LogP) is 0.0336. The highest BCUT2D eigenvalue weighted by Gasteiger charge is 2.22. The Labute approximate surface area is 67.3 Å². The summed E-state index contributed by atoms with van der Waals surface area (Å²) < 4.78 is 9.52. The summed E-state index contributed by atoms with van der Waals surface area (Å²) >= 11 is 0. The van der Waals surface area contributed by atoms with Crippen molar-refractivity contribution in [3.8, 4) is 12.3 Å². The van der Waals surface area contributed by atoms with E-state index in [2.05, 4.69) is 5.92 Å². The first-order chi connectivity index (χ1) is 5.18. The molecule has 3 heteroatoms. The molecule has 0 aromatic carbocycles. The highest BCUT2D eigenvalue weighted by atomic mass is 16.5. The summed E-state index contributed by atoms with van der Waals surface area (Å²) in [5.41, 5.74) is -1.18. The van der Waals surface area contributed by atoms with Crippen molar-refractivity contribution < 1.29 is 14.6 Å². The Morgan fingerprint density at radius 1 is 1.45 bits per heavy atom. The highest BCUT2D eigenvalue weighted by Crippen LogP contribution is 2.08. The first-order valence-corrected chi connectivity index (χ1v) is 3.36. The largest absolute Gasteiger partial charge is 0.385 e. The molecule has 0 aliphatic rings. The standard InChI is InChI=1S/C8H14O3/c1-4-8(9,7-11-3)5-6-10-2/h1,9H,5-7H2,2-3H3/t8-/m0/s1. The minimum atomic E-state index is -1.18. The monoisotopic (exact) mass is 158 g/mol. The van der Waals surface area contributed by atoms with Crippen LogP contribution >= 0.6 is 0 Å². The second-order valence-corrected chi connectivity index (χ2v) is 2.35. The van der Waals surface area contributed by atoms with E-state index >= 15 is 0 Å². The summed E-state index contributed by atoms with van der Waals surface area (Å²) in [5, 5.41) is 9.51. The van der Waals surface area contributed by atoms with Crippen LogP contribution in [0.15, 0.2) is 0 Å². The lowest BCUT2D eigenvalue weighted by Crippen LogP contribution is -2.33. The van der Waals surface area contributed by atoms with Gasteiger partial charge in [0.15, 0.2) is 5.60 Å².